The van der Waals surface area contributed by atoms with E-state index in [1.807, 2.05) is 12.1 Å². The average molecular weight is 357 g/mol. The zero-order chi connectivity index (χ0) is 17.9. The number of pyridine rings is 1. The Hall–Kier alpha value is -1.99. The van der Waals surface area contributed by atoms with Crippen LogP contribution >= 0.6 is 0 Å². The van der Waals surface area contributed by atoms with Crippen LogP contribution in [0.2, 0.25) is 0 Å². The fraction of sp³-hybridized carbons (Fsp3) is 0.632. The SMILES string of the molecule is COC[C@@H]1CCCN1c1ccc2c(C(=O)CC3CCNCC3)[nH]nc2n1. The molecule has 4 heterocycles. The van der Waals surface area contributed by atoms with E-state index < -0.39 is 0 Å². The average Bonchev–Trinajstić information content (AvgIpc) is 3.29. The Balaban J connectivity index is 1.52. The predicted molar refractivity (Wildman–Crippen MR) is 101 cm³/mol. The molecule has 0 amide bonds. The maximum absolute atomic E-state index is 12.7. The topological polar surface area (TPSA) is 83.1 Å². The van der Waals surface area contributed by atoms with Crippen LogP contribution in [0.1, 0.15) is 42.6 Å². The van der Waals surface area contributed by atoms with E-state index in [-0.39, 0.29) is 5.78 Å². The van der Waals surface area contributed by atoms with E-state index >= 15 is 0 Å². The van der Waals surface area contributed by atoms with Crippen LogP contribution in [0.4, 0.5) is 5.82 Å². The first kappa shape index (κ1) is 17.4. The van der Waals surface area contributed by atoms with Crippen molar-refractivity contribution < 1.29 is 9.53 Å². The number of rotatable bonds is 6. The molecule has 2 aliphatic rings. The molecule has 2 N–H and O–H groups in total. The largest absolute Gasteiger partial charge is 0.383 e. The molecule has 2 aromatic heterocycles. The van der Waals surface area contributed by atoms with E-state index in [1.54, 1.807) is 7.11 Å². The number of aromatic amines is 1. The van der Waals surface area contributed by atoms with Gasteiger partial charge < -0.3 is 15.0 Å². The molecule has 7 heteroatoms. The predicted octanol–water partition coefficient (Wildman–Crippen LogP) is 2.15. The van der Waals surface area contributed by atoms with Gasteiger partial charge in [-0.15, -0.1) is 0 Å². The zero-order valence-corrected chi connectivity index (χ0v) is 15.3. The fourth-order valence-electron chi connectivity index (χ4n) is 4.21. The number of nitrogens with zero attached hydrogens (tertiary/aromatic N) is 3. The zero-order valence-electron chi connectivity index (χ0n) is 15.3. The highest BCUT2D eigenvalue weighted by molar-refractivity contribution is 6.05. The molecule has 2 saturated heterocycles. The van der Waals surface area contributed by atoms with Crippen LogP contribution in [0.5, 0.6) is 0 Å². The molecule has 0 bridgehead atoms. The van der Waals surface area contributed by atoms with Gasteiger partial charge in [-0.3, -0.25) is 9.89 Å². The number of carbonyl (C=O) groups excluding carboxylic acids is 1. The summed E-state index contributed by atoms with van der Waals surface area (Å²) in [5.74, 6) is 1.53. The van der Waals surface area contributed by atoms with Crippen molar-refractivity contribution >= 4 is 22.6 Å². The van der Waals surface area contributed by atoms with Crippen molar-refractivity contribution in [3.8, 4) is 0 Å². The molecule has 2 aromatic rings. The maximum Gasteiger partial charge on any atom is 0.183 e. The standard InChI is InChI=1S/C19H27N5O2/c1-26-12-14-3-2-10-24(14)17-5-4-15-18(22-23-19(15)21-17)16(25)11-13-6-8-20-9-7-13/h4-5,13-14,20H,2-3,6-12H2,1H3,(H,21,22,23)/t14-/m0/s1. The van der Waals surface area contributed by atoms with Crippen LogP contribution in [-0.2, 0) is 4.74 Å². The van der Waals surface area contributed by atoms with Gasteiger partial charge in [-0.2, -0.15) is 5.10 Å². The number of carbonyl (C=O) groups is 1. The van der Waals surface area contributed by atoms with Gasteiger partial charge in [-0.05, 0) is 56.8 Å². The van der Waals surface area contributed by atoms with Gasteiger partial charge in [0.05, 0.1) is 12.6 Å². The number of piperidine rings is 1. The summed E-state index contributed by atoms with van der Waals surface area (Å²) >= 11 is 0. The second-order valence-electron chi connectivity index (χ2n) is 7.40. The molecule has 0 spiro atoms. The van der Waals surface area contributed by atoms with Gasteiger partial charge in [-0.1, -0.05) is 0 Å². The summed E-state index contributed by atoms with van der Waals surface area (Å²) in [4.78, 5) is 19.7. The molecule has 0 saturated carbocycles. The lowest BCUT2D eigenvalue weighted by molar-refractivity contribution is 0.0949. The molecular formula is C19H27N5O2. The lowest BCUT2D eigenvalue weighted by Gasteiger charge is -2.25. The van der Waals surface area contributed by atoms with E-state index in [1.165, 1.54) is 0 Å². The van der Waals surface area contributed by atoms with Crippen molar-refractivity contribution in [1.82, 2.24) is 20.5 Å². The number of ether oxygens (including phenoxy) is 1. The Morgan fingerprint density at radius 2 is 2.15 bits per heavy atom. The molecule has 4 rings (SSSR count). The van der Waals surface area contributed by atoms with E-state index in [0.29, 0.717) is 36.3 Å². The van der Waals surface area contributed by atoms with Gasteiger partial charge in [0.15, 0.2) is 11.4 Å². The molecule has 7 nitrogen and oxygen atoms in total. The van der Waals surface area contributed by atoms with Crippen LogP contribution in [0, 0.1) is 5.92 Å². The van der Waals surface area contributed by atoms with E-state index in [4.69, 9.17) is 9.72 Å². The van der Waals surface area contributed by atoms with Crippen molar-refractivity contribution in [3.63, 3.8) is 0 Å². The van der Waals surface area contributed by atoms with Gasteiger partial charge in [0, 0.05) is 25.5 Å². The van der Waals surface area contributed by atoms with Crippen LogP contribution in [-0.4, -0.2) is 60.4 Å². The summed E-state index contributed by atoms with van der Waals surface area (Å²) in [7, 11) is 1.74. The Labute approximate surface area is 153 Å². The number of methoxy groups -OCH3 is 1. The van der Waals surface area contributed by atoms with Crippen molar-refractivity contribution in [2.75, 3.05) is 38.3 Å². The Bertz CT molecular complexity index is 768. The molecule has 0 aliphatic carbocycles. The first-order chi connectivity index (χ1) is 12.8. The van der Waals surface area contributed by atoms with Gasteiger partial charge >= 0.3 is 0 Å². The number of hydrogen-bond acceptors (Lipinski definition) is 6. The minimum atomic E-state index is 0.146. The quantitative estimate of drug-likeness (QED) is 0.771. The number of anilines is 1. The minimum Gasteiger partial charge on any atom is -0.383 e. The molecule has 1 atom stereocenters. The minimum absolute atomic E-state index is 0.146. The van der Waals surface area contributed by atoms with Crippen molar-refractivity contribution in [2.45, 2.75) is 38.1 Å². The number of hydrogen-bond donors (Lipinski definition) is 2. The number of nitrogens with one attached hydrogen (secondary N) is 2. The molecule has 2 aliphatic heterocycles. The number of fused-ring (bicyclic) bond motifs is 1. The smallest absolute Gasteiger partial charge is 0.183 e. The monoisotopic (exact) mass is 357 g/mol. The molecule has 2 fully saturated rings. The summed E-state index contributed by atoms with van der Waals surface area (Å²) in [6.07, 6.45) is 4.98. The van der Waals surface area contributed by atoms with Gasteiger partial charge in [0.2, 0.25) is 0 Å². The molecule has 140 valence electrons. The van der Waals surface area contributed by atoms with Crippen molar-refractivity contribution in [1.29, 1.82) is 0 Å². The number of H-pyrrole nitrogens is 1. The summed E-state index contributed by atoms with van der Waals surface area (Å²) in [5, 5.41) is 11.4. The summed E-state index contributed by atoms with van der Waals surface area (Å²) < 4.78 is 5.33. The molecule has 26 heavy (non-hydrogen) atoms. The fourth-order valence-corrected chi connectivity index (χ4v) is 4.21. The normalized spacial score (nSPS) is 21.6. The molecule has 0 unspecified atom stereocenters. The highest BCUT2D eigenvalue weighted by Gasteiger charge is 2.26. The third-order valence-corrected chi connectivity index (χ3v) is 5.65. The van der Waals surface area contributed by atoms with Crippen LogP contribution in [0.25, 0.3) is 11.0 Å². The van der Waals surface area contributed by atoms with Crippen molar-refractivity contribution in [3.05, 3.63) is 17.8 Å². The number of aromatic nitrogens is 3. The number of ketones is 1. The van der Waals surface area contributed by atoms with Crippen LogP contribution in [0.3, 0.4) is 0 Å². The maximum atomic E-state index is 12.7. The highest BCUT2D eigenvalue weighted by atomic mass is 16.5. The summed E-state index contributed by atoms with van der Waals surface area (Å²) in [6, 6.07) is 4.36. The Morgan fingerprint density at radius 1 is 1.31 bits per heavy atom. The molecule has 0 radical (unpaired) electrons. The lowest BCUT2D eigenvalue weighted by Crippen LogP contribution is -2.33. The Kier molecular flexibility index (Phi) is 5.17. The van der Waals surface area contributed by atoms with Crippen LogP contribution in [0.15, 0.2) is 12.1 Å². The van der Waals surface area contributed by atoms with E-state index in [9.17, 15) is 4.79 Å². The third-order valence-electron chi connectivity index (χ3n) is 5.65. The first-order valence-electron chi connectivity index (χ1n) is 9.61. The summed E-state index contributed by atoms with van der Waals surface area (Å²) in [6.45, 7) is 3.70. The van der Waals surface area contributed by atoms with Crippen LogP contribution < -0.4 is 10.2 Å². The van der Waals surface area contributed by atoms with E-state index in [0.717, 1.165) is 56.5 Å². The lowest BCUT2D eigenvalue weighted by atomic mass is 9.91. The van der Waals surface area contributed by atoms with Gasteiger partial charge in [-0.25, -0.2) is 4.98 Å². The number of Topliss-reactive ketones (excluding diaryl/α,β-unsaturated/α-hetero) is 1. The van der Waals surface area contributed by atoms with Gasteiger partial charge in [0.1, 0.15) is 11.5 Å². The molecular weight excluding hydrogens is 330 g/mol. The second-order valence-corrected chi connectivity index (χ2v) is 7.40. The van der Waals surface area contributed by atoms with Crippen molar-refractivity contribution in [2.24, 2.45) is 5.92 Å². The summed E-state index contributed by atoms with van der Waals surface area (Å²) in [5.41, 5.74) is 1.23. The Morgan fingerprint density at radius 3 is 2.96 bits per heavy atom. The second kappa shape index (κ2) is 7.72. The molecule has 0 aromatic carbocycles. The first-order valence-corrected chi connectivity index (χ1v) is 9.61. The highest BCUT2D eigenvalue weighted by Crippen LogP contribution is 2.27. The van der Waals surface area contributed by atoms with E-state index in [2.05, 4.69) is 20.4 Å². The third kappa shape index (κ3) is 3.46. The van der Waals surface area contributed by atoms with Gasteiger partial charge in [0.25, 0.3) is 0 Å².